The van der Waals surface area contributed by atoms with Crippen LogP contribution in [0.4, 0.5) is 13.2 Å². The van der Waals surface area contributed by atoms with Crippen LogP contribution in [0.15, 0.2) is 59.9 Å². The van der Waals surface area contributed by atoms with Crippen molar-refractivity contribution >= 4 is 11.8 Å². The molecule has 0 atom stereocenters. The highest BCUT2D eigenvalue weighted by molar-refractivity contribution is 7.99. The molecular formula is C17H14F3N3S. The largest absolute Gasteiger partial charge is 0.398 e. The first-order valence-electron chi connectivity index (χ1n) is 7.19. The summed E-state index contributed by atoms with van der Waals surface area (Å²) in [5.41, 5.74) is 3.13. The smallest absolute Gasteiger partial charge is 0.262 e. The summed E-state index contributed by atoms with van der Waals surface area (Å²) in [7, 11) is 0. The zero-order valence-electron chi connectivity index (χ0n) is 12.8. The summed E-state index contributed by atoms with van der Waals surface area (Å²) < 4.78 is 39.0. The van der Waals surface area contributed by atoms with E-state index in [0.29, 0.717) is 10.6 Å². The van der Waals surface area contributed by atoms with E-state index in [1.165, 1.54) is 0 Å². The molecule has 2 aromatic heterocycles. The van der Waals surface area contributed by atoms with Gasteiger partial charge in [0.1, 0.15) is 0 Å². The highest BCUT2D eigenvalue weighted by atomic mass is 32.2. The molecule has 3 nitrogen and oxygen atoms in total. The number of thioether (sulfide) groups is 1. The number of aryl methyl sites for hydroxylation is 1. The summed E-state index contributed by atoms with van der Waals surface area (Å²) in [5, 5.41) is 4.48. The lowest BCUT2D eigenvalue weighted by Crippen LogP contribution is -2.10. The van der Waals surface area contributed by atoms with Crippen LogP contribution in [-0.2, 0) is 0 Å². The highest BCUT2D eigenvalue weighted by Gasteiger charge is 2.27. The molecule has 24 heavy (non-hydrogen) atoms. The Morgan fingerprint density at radius 1 is 1.17 bits per heavy atom. The number of hydrogen-bond donors (Lipinski definition) is 0. The molecule has 3 rings (SSSR count). The summed E-state index contributed by atoms with van der Waals surface area (Å²) in [6.45, 7) is 1.80. The normalized spacial score (nSPS) is 11.7. The Bertz CT molecular complexity index is 829. The van der Waals surface area contributed by atoms with E-state index in [2.05, 4.69) is 10.1 Å². The molecule has 7 heteroatoms. The lowest BCUT2D eigenvalue weighted by molar-refractivity contribution is -0.105. The number of nitrogens with zero attached hydrogens (tertiary/aromatic N) is 3. The molecule has 0 aliphatic carbocycles. The Labute approximate surface area is 141 Å². The van der Waals surface area contributed by atoms with Gasteiger partial charge in [0.15, 0.2) is 0 Å². The third-order valence-corrected chi connectivity index (χ3v) is 4.60. The van der Waals surface area contributed by atoms with E-state index in [-0.39, 0.29) is 0 Å². The molecule has 0 radical (unpaired) electrons. The second-order valence-electron chi connectivity index (χ2n) is 5.24. The third kappa shape index (κ3) is 3.97. The number of hydrogen-bond acceptors (Lipinski definition) is 3. The predicted molar refractivity (Wildman–Crippen MR) is 88.3 cm³/mol. The van der Waals surface area contributed by atoms with Crippen LogP contribution in [0.25, 0.3) is 16.9 Å². The summed E-state index contributed by atoms with van der Waals surface area (Å²) in [5.74, 6) is -0.901. The molecule has 0 spiro atoms. The van der Waals surface area contributed by atoms with E-state index in [1.54, 1.807) is 36.3 Å². The summed E-state index contributed by atoms with van der Waals surface area (Å²) in [6, 6.07) is 11.0. The van der Waals surface area contributed by atoms with E-state index in [0.717, 1.165) is 28.6 Å². The average molecular weight is 349 g/mol. The molecule has 0 saturated heterocycles. The molecule has 1 aromatic carbocycles. The van der Waals surface area contributed by atoms with Crippen molar-refractivity contribution in [3.8, 4) is 16.9 Å². The number of alkyl halides is 3. The Hall–Kier alpha value is -2.28. The Morgan fingerprint density at radius 2 is 2.00 bits per heavy atom. The fourth-order valence-corrected chi connectivity index (χ4v) is 3.01. The van der Waals surface area contributed by atoms with Gasteiger partial charge in [0.2, 0.25) is 0 Å². The van der Waals surface area contributed by atoms with Gasteiger partial charge in [0.25, 0.3) is 0 Å². The molecule has 0 amide bonds. The van der Waals surface area contributed by atoms with Crippen molar-refractivity contribution in [2.75, 3.05) is 5.75 Å². The van der Waals surface area contributed by atoms with Gasteiger partial charge in [-0.1, -0.05) is 12.1 Å². The van der Waals surface area contributed by atoms with Crippen LogP contribution in [0.5, 0.6) is 0 Å². The first-order valence-corrected chi connectivity index (χ1v) is 8.17. The van der Waals surface area contributed by atoms with E-state index >= 15 is 0 Å². The summed E-state index contributed by atoms with van der Waals surface area (Å²) in [6.07, 6.45) is 0.984. The van der Waals surface area contributed by atoms with Gasteiger partial charge in [-0.05, 0) is 36.8 Å². The van der Waals surface area contributed by atoms with Gasteiger partial charge >= 0.3 is 6.18 Å². The average Bonchev–Trinajstić information content (AvgIpc) is 3.04. The van der Waals surface area contributed by atoms with Gasteiger partial charge < -0.3 is 0 Å². The van der Waals surface area contributed by atoms with Gasteiger partial charge in [-0.3, -0.25) is 4.98 Å². The van der Waals surface area contributed by atoms with E-state index in [9.17, 15) is 13.2 Å². The maximum absolute atomic E-state index is 12.4. The zero-order chi connectivity index (χ0) is 17.2. The van der Waals surface area contributed by atoms with Gasteiger partial charge in [0.05, 0.1) is 23.3 Å². The number of rotatable bonds is 4. The van der Waals surface area contributed by atoms with E-state index in [1.807, 2.05) is 30.3 Å². The molecule has 0 aliphatic rings. The highest BCUT2D eigenvalue weighted by Crippen LogP contribution is 2.32. The lowest BCUT2D eigenvalue weighted by atomic mass is 10.1. The minimum atomic E-state index is -4.19. The number of pyridine rings is 1. The molecular weight excluding hydrogens is 335 g/mol. The zero-order valence-corrected chi connectivity index (χ0v) is 13.6. The quantitative estimate of drug-likeness (QED) is 0.628. The van der Waals surface area contributed by atoms with Crippen molar-refractivity contribution in [1.82, 2.24) is 14.8 Å². The Balaban J connectivity index is 1.86. The van der Waals surface area contributed by atoms with E-state index < -0.39 is 11.9 Å². The van der Waals surface area contributed by atoms with Gasteiger partial charge in [0, 0.05) is 22.9 Å². The van der Waals surface area contributed by atoms with Crippen LogP contribution < -0.4 is 0 Å². The molecule has 124 valence electrons. The Kier molecular flexibility index (Phi) is 4.62. The molecule has 0 aliphatic heterocycles. The van der Waals surface area contributed by atoms with Gasteiger partial charge in [-0.15, -0.1) is 11.8 Å². The summed E-state index contributed by atoms with van der Waals surface area (Å²) >= 11 is 0.796. The molecule has 0 unspecified atom stereocenters. The van der Waals surface area contributed by atoms with Crippen LogP contribution in [-0.4, -0.2) is 26.7 Å². The van der Waals surface area contributed by atoms with Gasteiger partial charge in [-0.2, -0.15) is 18.3 Å². The maximum Gasteiger partial charge on any atom is 0.398 e. The third-order valence-electron chi connectivity index (χ3n) is 3.37. The minimum Gasteiger partial charge on any atom is -0.262 e. The predicted octanol–water partition coefficient (Wildman–Crippen LogP) is 4.90. The maximum atomic E-state index is 12.4. The standard InChI is InChI=1S/C17H14F3N3S/c1-12-4-5-13(9-16(12)24-11-17(18,19)20)15-6-8-23(22-15)14-3-2-7-21-10-14/h2-10H,11H2,1H3. The molecule has 0 N–H and O–H groups in total. The fourth-order valence-electron chi connectivity index (χ4n) is 2.19. The van der Waals surface area contributed by atoms with Crippen LogP contribution in [0, 0.1) is 6.92 Å². The number of aromatic nitrogens is 3. The van der Waals surface area contributed by atoms with Crippen molar-refractivity contribution in [1.29, 1.82) is 0 Å². The lowest BCUT2D eigenvalue weighted by Gasteiger charge is -2.09. The second-order valence-corrected chi connectivity index (χ2v) is 6.26. The molecule has 0 bridgehead atoms. The molecule has 2 heterocycles. The van der Waals surface area contributed by atoms with Crippen LogP contribution in [0.1, 0.15) is 5.56 Å². The monoisotopic (exact) mass is 349 g/mol. The topological polar surface area (TPSA) is 30.7 Å². The van der Waals surface area contributed by atoms with Crippen molar-refractivity contribution in [3.63, 3.8) is 0 Å². The van der Waals surface area contributed by atoms with Crippen molar-refractivity contribution in [3.05, 3.63) is 60.6 Å². The van der Waals surface area contributed by atoms with Crippen LogP contribution >= 0.6 is 11.8 Å². The molecule has 3 aromatic rings. The molecule has 0 fully saturated rings. The van der Waals surface area contributed by atoms with E-state index in [4.69, 9.17) is 0 Å². The van der Waals surface area contributed by atoms with Gasteiger partial charge in [-0.25, -0.2) is 4.68 Å². The Morgan fingerprint density at radius 3 is 2.71 bits per heavy atom. The first-order chi connectivity index (χ1) is 11.4. The van der Waals surface area contributed by atoms with Crippen LogP contribution in [0.2, 0.25) is 0 Å². The number of benzene rings is 1. The SMILES string of the molecule is Cc1ccc(-c2ccn(-c3cccnc3)n2)cc1SCC(F)(F)F. The van der Waals surface area contributed by atoms with Crippen molar-refractivity contribution in [2.45, 2.75) is 18.0 Å². The second kappa shape index (κ2) is 6.68. The van der Waals surface area contributed by atoms with Crippen molar-refractivity contribution < 1.29 is 13.2 Å². The fraction of sp³-hybridized carbons (Fsp3) is 0.176. The molecule has 0 saturated carbocycles. The number of halogens is 3. The minimum absolute atomic E-state index is 0.612. The summed E-state index contributed by atoms with van der Waals surface area (Å²) in [4.78, 5) is 4.66. The van der Waals surface area contributed by atoms with Crippen molar-refractivity contribution in [2.24, 2.45) is 0 Å². The van der Waals surface area contributed by atoms with Crippen LogP contribution in [0.3, 0.4) is 0 Å². The first kappa shape index (κ1) is 16.6.